The molecule has 1 aromatic rings. The maximum atomic E-state index is 3.72. The average molecular weight is 208 g/mol. The van der Waals surface area contributed by atoms with E-state index in [9.17, 15) is 0 Å². The van der Waals surface area contributed by atoms with Crippen molar-refractivity contribution in [3.05, 3.63) is 42.8 Å². The van der Waals surface area contributed by atoms with Crippen LogP contribution < -0.4 is 0 Å². The first-order valence-corrected chi connectivity index (χ1v) is 2.26. The average Bonchev–Trinajstić information content (AvgIpc) is 1.69. The first-order valence-electron chi connectivity index (χ1n) is 2.26. The summed E-state index contributed by atoms with van der Waals surface area (Å²) in [4.78, 5) is 0. The van der Waals surface area contributed by atoms with Gasteiger partial charge in [0, 0.05) is 21.7 Å². The molecule has 0 spiro atoms. The molecular formula is C7H12ClSiTi-. The Morgan fingerprint density at radius 3 is 1.60 bits per heavy atom. The monoisotopic (exact) mass is 207 g/mol. The molecule has 0 unspecified atom stereocenters. The molecule has 0 N–H and O–H groups in total. The summed E-state index contributed by atoms with van der Waals surface area (Å²) in [5.41, 5.74) is 1.07. The fourth-order valence-electron chi connectivity index (χ4n) is 0.478. The maximum Gasteiger partial charge on any atom is 0 e. The molecule has 0 nitrogen and oxygen atoms in total. The number of halogens is 1. The third-order valence-electron chi connectivity index (χ3n) is 0.843. The molecule has 0 saturated carbocycles. The van der Waals surface area contributed by atoms with Gasteiger partial charge in [0.1, 0.15) is 0 Å². The van der Waals surface area contributed by atoms with E-state index in [4.69, 9.17) is 0 Å². The van der Waals surface area contributed by atoms with E-state index in [1.807, 2.05) is 30.3 Å². The normalized spacial score (nSPS) is 6.00. The van der Waals surface area contributed by atoms with Crippen molar-refractivity contribution >= 4 is 23.4 Å². The number of rotatable bonds is 0. The van der Waals surface area contributed by atoms with E-state index in [1.165, 1.54) is 0 Å². The van der Waals surface area contributed by atoms with E-state index in [0.717, 1.165) is 5.56 Å². The van der Waals surface area contributed by atoms with Gasteiger partial charge in [-0.15, -0.1) is 24.5 Å². The molecule has 0 aliphatic heterocycles. The Morgan fingerprint density at radius 1 is 1.00 bits per heavy atom. The van der Waals surface area contributed by atoms with Crippen LogP contribution in [0.15, 0.2) is 30.3 Å². The van der Waals surface area contributed by atoms with Gasteiger partial charge in [0.15, 0.2) is 0 Å². The zero-order chi connectivity index (χ0) is 5.11. The second kappa shape index (κ2) is 9.31. The van der Waals surface area contributed by atoms with Crippen LogP contribution in [0.2, 0.25) is 0 Å². The Labute approximate surface area is 87.7 Å². The molecule has 3 heteroatoms. The van der Waals surface area contributed by atoms with Gasteiger partial charge < -0.3 is 0 Å². The summed E-state index contributed by atoms with van der Waals surface area (Å²) in [5, 5.41) is 0. The van der Waals surface area contributed by atoms with Gasteiger partial charge in [-0.05, 0) is 11.0 Å². The topological polar surface area (TPSA) is 0 Å². The number of hydrogen-bond donors (Lipinski definition) is 0. The molecular weight excluding hydrogens is 195 g/mol. The van der Waals surface area contributed by atoms with Crippen molar-refractivity contribution in [2.75, 3.05) is 0 Å². The Morgan fingerprint density at radius 2 is 1.40 bits per heavy atom. The Kier molecular flexibility index (Phi) is 15.6. The molecule has 0 bridgehead atoms. The van der Waals surface area contributed by atoms with E-state index in [2.05, 4.69) is 6.92 Å². The smallest absolute Gasteiger partial charge is 0 e. The van der Waals surface area contributed by atoms with Crippen molar-refractivity contribution in [3.63, 3.8) is 0 Å². The fraction of sp³-hybridized carbons (Fsp3) is 0. The third-order valence-corrected chi connectivity index (χ3v) is 0.843. The van der Waals surface area contributed by atoms with Gasteiger partial charge in [0.2, 0.25) is 0 Å². The van der Waals surface area contributed by atoms with E-state index >= 15 is 0 Å². The summed E-state index contributed by atoms with van der Waals surface area (Å²) in [5.74, 6) is 0. The first kappa shape index (κ1) is 16.7. The van der Waals surface area contributed by atoms with Gasteiger partial charge >= 0.3 is 0 Å². The van der Waals surface area contributed by atoms with Crippen LogP contribution >= 0.6 is 12.4 Å². The Hall–Kier alpha value is 0.311. The summed E-state index contributed by atoms with van der Waals surface area (Å²) in [6, 6.07) is 9.87. The van der Waals surface area contributed by atoms with E-state index in [-0.39, 0.29) is 45.1 Å². The quantitative estimate of drug-likeness (QED) is 0.437. The van der Waals surface area contributed by atoms with Crippen LogP contribution in [-0.2, 0) is 21.7 Å². The van der Waals surface area contributed by atoms with Crippen LogP contribution in [0.5, 0.6) is 0 Å². The Balaban J connectivity index is -0.000000163. The van der Waals surface area contributed by atoms with Gasteiger partial charge in [-0.25, -0.2) is 0 Å². The predicted octanol–water partition coefficient (Wildman–Crippen LogP) is 0.836. The van der Waals surface area contributed by atoms with Crippen molar-refractivity contribution in [2.24, 2.45) is 0 Å². The van der Waals surface area contributed by atoms with Gasteiger partial charge in [0.25, 0.3) is 0 Å². The molecule has 0 aliphatic carbocycles. The summed E-state index contributed by atoms with van der Waals surface area (Å²) < 4.78 is 0. The molecule has 0 aliphatic rings. The SMILES string of the molecule is Cl.[CH2-]c1ccccc1.[SiH4].[Ti]. The largest absolute Gasteiger partial charge is 0.199 e. The van der Waals surface area contributed by atoms with Crippen molar-refractivity contribution in [2.45, 2.75) is 0 Å². The van der Waals surface area contributed by atoms with Gasteiger partial charge in [-0.3, -0.25) is 0 Å². The molecule has 0 fully saturated rings. The molecule has 56 valence electrons. The van der Waals surface area contributed by atoms with Crippen LogP contribution in [0, 0.1) is 6.92 Å². The van der Waals surface area contributed by atoms with Crippen molar-refractivity contribution in [3.8, 4) is 0 Å². The van der Waals surface area contributed by atoms with Crippen molar-refractivity contribution < 1.29 is 21.7 Å². The molecule has 0 aromatic heterocycles. The Bertz CT molecular complexity index is 144. The van der Waals surface area contributed by atoms with Gasteiger partial charge in [0.05, 0.1) is 0 Å². The zero-order valence-corrected chi connectivity index (χ0v) is 7.38. The van der Waals surface area contributed by atoms with Crippen LogP contribution in [-0.4, -0.2) is 11.0 Å². The fourth-order valence-corrected chi connectivity index (χ4v) is 0.478. The molecule has 0 amide bonds. The molecule has 0 atom stereocenters. The summed E-state index contributed by atoms with van der Waals surface area (Å²) in [6.45, 7) is 3.72. The van der Waals surface area contributed by atoms with E-state index in [1.54, 1.807) is 0 Å². The zero-order valence-electron chi connectivity index (χ0n) is 5.00. The maximum absolute atomic E-state index is 3.72. The summed E-state index contributed by atoms with van der Waals surface area (Å²) in [7, 11) is 0. The van der Waals surface area contributed by atoms with Gasteiger partial charge in [-0.2, -0.15) is 24.6 Å². The summed E-state index contributed by atoms with van der Waals surface area (Å²) >= 11 is 0. The number of hydrogen-bond acceptors (Lipinski definition) is 0. The minimum atomic E-state index is 0. The van der Waals surface area contributed by atoms with Crippen molar-refractivity contribution in [1.82, 2.24) is 0 Å². The van der Waals surface area contributed by atoms with Crippen LogP contribution in [0.4, 0.5) is 0 Å². The number of benzene rings is 1. The second-order valence-electron chi connectivity index (χ2n) is 1.49. The standard InChI is InChI=1S/C7H7.ClH.H4Si.Ti/c1-7-5-3-2-4-6-7;;;/h2-6H,1H2;1H;1H4;/q-1;;;. The third kappa shape index (κ3) is 6.43. The molecule has 0 radical (unpaired) electrons. The molecule has 0 heterocycles. The van der Waals surface area contributed by atoms with Gasteiger partial charge in [-0.1, -0.05) is 6.07 Å². The minimum Gasteiger partial charge on any atom is -0.199 e. The molecule has 0 saturated heterocycles. The molecule has 10 heavy (non-hydrogen) atoms. The molecule has 1 rings (SSSR count). The van der Waals surface area contributed by atoms with Crippen LogP contribution in [0.3, 0.4) is 0 Å². The van der Waals surface area contributed by atoms with E-state index < -0.39 is 0 Å². The van der Waals surface area contributed by atoms with Crippen LogP contribution in [0.1, 0.15) is 5.56 Å². The second-order valence-corrected chi connectivity index (χ2v) is 1.49. The predicted molar refractivity (Wildman–Crippen MR) is 49.5 cm³/mol. The summed E-state index contributed by atoms with van der Waals surface area (Å²) in [6.07, 6.45) is 0. The van der Waals surface area contributed by atoms with E-state index in [0.29, 0.717) is 0 Å². The molecule has 1 aromatic carbocycles. The van der Waals surface area contributed by atoms with Crippen molar-refractivity contribution in [1.29, 1.82) is 0 Å². The minimum absolute atomic E-state index is 0. The van der Waals surface area contributed by atoms with Crippen LogP contribution in [0.25, 0.3) is 0 Å². The first-order chi connectivity index (χ1) is 3.39.